The molecule has 0 bridgehead atoms. The van der Waals surface area contributed by atoms with E-state index >= 15 is 0 Å². The highest BCUT2D eigenvalue weighted by molar-refractivity contribution is 5.76. The zero-order valence-corrected chi connectivity index (χ0v) is 16.9. The molecule has 0 radical (unpaired) electrons. The number of rotatable bonds is 9. The number of pyridine rings is 1. The van der Waals surface area contributed by atoms with Gasteiger partial charge < -0.3 is 14.6 Å². The maximum Gasteiger partial charge on any atom is 0.227 e. The molecule has 1 amide bonds. The number of nitrogens with one attached hydrogen (secondary N) is 1. The van der Waals surface area contributed by atoms with E-state index in [2.05, 4.69) is 20.4 Å². The molecule has 0 aliphatic rings. The number of nitrogens with zero attached hydrogens (tertiary/aromatic N) is 3. The molecule has 7 heteroatoms. The Balaban J connectivity index is 1.20. The number of benzene rings is 2. The number of carbonyl (C=O) groups is 1. The first-order chi connectivity index (χ1) is 15.3. The van der Waals surface area contributed by atoms with Gasteiger partial charge in [0.25, 0.3) is 0 Å². The van der Waals surface area contributed by atoms with Crippen LogP contribution in [-0.2, 0) is 24.4 Å². The van der Waals surface area contributed by atoms with Gasteiger partial charge in [0.15, 0.2) is 0 Å². The zero-order valence-electron chi connectivity index (χ0n) is 16.9. The van der Waals surface area contributed by atoms with Crippen molar-refractivity contribution in [2.24, 2.45) is 0 Å². The van der Waals surface area contributed by atoms with E-state index in [1.807, 2.05) is 66.7 Å². The Morgan fingerprint density at radius 3 is 2.52 bits per heavy atom. The number of ether oxygens (including phenoxy) is 1. The van der Waals surface area contributed by atoms with Crippen molar-refractivity contribution in [1.29, 1.82) is 0 Å². The van der Waals surface area contributed by atoms with E-state index in [1.54, 1.807) is 12.3 Å². The standard InChI is InChI=1S/C24H22N4O3/c29-22(13-14-23-27-24(28-31-23)21-8-4-5-15-25-21)26-16-18-9-11-20(12-10-18)30-17-19-6-2-1-3-7-19/h1-12,15H,13-14,16-17H2,(H,26,29). The largest absolute Gasteiger partial charge is 0.489 e. The van der Waals surface area contributed by atoms with E-state index in [1.165, 1.54) is 0 Å². The minimum Gasteiger partial charge on any atom is -0.489 e. The van der Waals surface area contributed by atoms with Crippen molar-refractivity contribution in [3.05, 3.63) is 96.0 Å². The van der Waals surface area contributed by atoms with Crippen LogP contribution < -0.4 is 10.1 Å². The van der Waals surface area contributed by atoms with Gasteiger partial charge in [0.05, 0.1) is 0 Å². The van der Waals surface area contributed by atoms with Crippen molar-refractivity contribution in [2.75, 3.05) is 0 Å². The SMILES string of the molecule is O=C(CCc1nc(-c2ccccn2)no1)NCc1ccc(OCc2ccccc2)cc1. The van der Waals surface area contributed by atoms with E-state index in [9.17, 15) is 4.79 Å². The molecule has 0 saturated carbocycles. The molecule has 0 saturated heterocycles. The molecular formula is C24H22N4O3. The molecule has 7 nitrogen and oxygen atoms in total. The van der Waals surface area contributed by atoms with Crippen LogP contribution in [-0.4, -0.2) is 21.0 Å². The summed E-state index contributed by atoms with van der Waals surface area (Å²) in [5.74, 6) is 1.54. The van der Waals surface area contributed by atoms with E-state index in [4.69, 9.17) is 9.26 Å². The average Bonchev–Trinajstić information content (AvgIpc) is 3.31. The Morgan fingerprint density at radius 2 is 1.74 bits per heavy atom. The molecule has 0 aliphatic carbocycles. The molecule has 4 rings (SSSR count). The van der Waals surface area contributed by atoms with Gasteiger partial charge in [0, 0.05) is 25.6 Å². The summed E-state index contributed by atoms with van der Waals surface area (Å²) >= 11 is 0. The molecule has 2 aromatic heterocycles. The van der Waals surface area contributed by atoms with Crippen LogP contribution in [0, 0.1) is 0 Å². The fourth-order valence-electron chi connectivity index (χ4n) is 2.91. The summed E-state index contributed by atoms with van der Waals surface area (Å²) in [6.45, 7) is 0.968. The quantitative estimate of drug-likeness (QED) is 0.446. The lowest BCUT2D eigenvalue weighted by Crippen LogP contribution is -2.23. The van der Waals surface area contributed by atoms with Crippen LogP contribution in [0.5, 0.6) is 5.75 Å². The van der Waals surface area contributed by atoms with Crippen molar-refractivity contribution >= 4 is 5.91 Å². The summed E-state index contributed by atoms with van der Waals surface area (Å²) in [5, 5.41) is 6.81. The predicted octanol–water partition coefficient (Wildman–Crippen LogP) is 3.96. The Labute approximate surface area is 180 Å². The third-order valence-corrected chi connectivity index (χ3v) is 4.59. The van der Waals surface area contributed by atoms with Gasteiger partial charge in [0.2, 0.25) is 17.6 Å². The molecule has 0 spiro atoms. The second-order valence-corrected chi connectivity index (χ2v) is 6.92. The zero-order chi connectivity index (χ0) is 21.3. The van der Waals surface area contributed by atoms with Gasteiger partial charge in [-0.25, -0.2) is 0 Å². The van der Waals surface area contributed by atoms with Crippen LogP contribution in [0.15, 0.2) is 83.5 Å². The third kappa shape index (κ3) is 5.99. The van der Waals surface area contributed by atoms with Gasteiger partial charge in [-0.1, -0.05) is 53.7 Å². The van der Waals surface area contributed by atoms with Crippen LogP contribution >= 0.6 is 0 Å². The predicted molar refractivity (Wildman–Crippen MR) is 115 cm³/mol. The van der Waals surface area contributed by atoms with Crippen molar-refractivity contribution < 1.29 is 14.1 Å². The fraction of sp³-hybridized carbons (Fsp3) is 0.167. The van der Waals surface area contributed by atoms with E-state index in [0.29, 0.717) is 37.0 Å². The summed E-state index contributed by atoms with van der Waals surface area (Å²) in [6.07, 6.45) is 2.31. The minimum atomic E-state index is -0.0815. The molecule has 31 heavy (non-hydrogen) atoms. The Hall–Kier alpha value is -4.00. The number of hydrogen-bond donors (Lipinski definition) is 1. The number of hydrogen-bond acceptors (Lipinski definition) is 6. The van der Waals surface area contributed by atoms with Gasteiger partial charge >= 0.3 is 0 Å². The third-order valence-electron chi connectivity index (χ3n) is 4.59. The Kier molecular flexibility index (Phi) is 6.64. The summed E-state index contributed by atoms with van der Waals surface area (Å²) in [5.41, 5.74) is 2.75. The van der Waals surface area contributed by atoms with Crippen LogP contribution in [0.25, 0.3) is 11.5 Å². The van der Waals surface area contributed by atoms with Crippen molar-refractivity contribution in [3.8, 4) is 17.3 Å². The minimum absolute atomic E-state index is 0.0815. The maximum atomic E-state index is 12.2. The lowest BCUT2D eigenvalue weighted by atomic mass is 10.2. The molecule has 0 atom stereocenters. The first-order valence-corrected chi connectivity index (χ1v) is 10.0. The number of aromatic nitrogens is 3. The smallest absolute Gasteiger partial charge is 0.227 e. The first-order valence-electron chi connectivity index (χ1n) is 10.0. The van der Waals surface area contributed by atoms with Crippen molar-refractivity contribution in [3.63, 3.8) is 0 Å². The van der Waals surface area contributed by atoms with Gasteiger partial charge in [-0.2, -0.15) is 4.98 Å². The van der Waals surface area contributed by atoms with Crippen LogP contribution in [0.2, 0.25) is 0 Å². The fourth-order valence-corrected chi connectivity index (χ4v) is 2.91. The highest BCUT2D eigenvalue weighted by atomic mass is 16.5. The van der Waals surface area contributed by atoms with Gasteiger partial charge in [-0.3, -0.25) is 9.78 Å². The summed E-state index contributed by atoms with van der Waals surface area (Å²) in [6, 6.07) is 23.2. The summed E-state index contributed by atoms with van der Waals surface area (Å²) in [7, 11) is 0. The average molecular weight is 414 g/mol. The molecule has 0 fully saturated rings. The lowest BCUT2D eigenvalue weighted by molar-refractivity contribution is -0.121. The maximum absolute atomic E-state index is 12.2. The number of aryl methyl sites for hydroxylation is 1. The molecule has 0 unspecified atom stereocenters. The van der Waals surface area contributed by atoms with Crippen molar-refractivity contribution in [2.45, 2.75) is 26.0 Å². The molecular weight excluding hydrogens is 392 g/mol. The normalized spacial score (nSPS) is 10.6. The van der Waals surface area contributed by atoms with Crippen LogP contribution in [0.1, 0.15) is 23.4 Å². The lowest BCUT2D eigenvalue weighted by Gasteiger charge is -2.08. The monoisotopic (exact) mass is 414 g/mol. The van der Waals surface area contributed by atoms with E-state index in [0.717, 1.165) is 16.9 Å². The molecule has 156 valence electrons. The van der Waals surface area contributed by atoms with E-state index < -0.39 is 0 Å². The Morgan fingerprint density at radius 1 is 0.935 bits per heavy atom. The molecule has 4 aromatic rings. The van der Waals surface area contributed by atoms with Gasteiger partial charge in [0.1, 0.15) is 18.1 Å². The molecule has 2 heterocycles. The molecule has 1 N–H and O–H groups in total. The second-order valence-electron chi connectivity index (χ2n) is 6.92. The van der Waals surface area contributed by atoms with E-state index in [-0.39, 0.29) is 12.3 Å². The van der Waals surface area contributed by atoms with Crippen molar-refractivity contribution in [1.82, 2.24) is 20.4 Å². The Bertz CT molecular complexity index is 1100. The highest BCUT2D eigenvalue weighted by Crippen LogP contribution is 2.15. The highest BCUT2D eigenvalue weighted by Gasteiger charge is 2.11. The second kappa shape index (κ2) is 10.2. The topological polar surface area (TPSA) is 90.1 Å². The number of amides is 1. The number of carbonyl (C=O) groups excluding carboxylic acids is 1. The first kappa shape index (κ1) is 20.3. The molecule has 2 aromatic carbocycles. The summed E-state index contributed by atoms with van der Waals surface area (Å²) in [4.78, 5) is 20.6. The van der Waals surface area contributed by atoms with Gasteiger partial charge in [-0.15, -0.1) is 0 Å². The van der Waals surface area contributed by atoms with Crippen LogP contribution in [0.4, 0.5) is 0 Å². The molecule has 0 aliphatic heterocycles. The summed E-state index contributed by atoms with van der Waals surface area (Å²) < 4.78 is 11.0. The van der Waals surface area contributed by atoms with Crippen LogP contribution in [0.3, 0.4) is 0 Å². The van der Waals surface area contributed by atoms with Gasteiger partial charge in [-0.05, 0) is 35.4 Å².